The van der Waals surface area contributed by atoms with E-state index in [2.05, 4.69) is 30.9 Å². The first-order chi connectivity index (χ1) is 14.5. The Kier molecular flexibility index (Phi) is 4.91. The number of carbonyl (C=O) groups excluding carboxylic acids is 2. The van der Waals surface area contributed by atoms with Crippen molar-refractivity contribution in [2.24, 2.45) is 5.92 Å². The first-order valence-corrected chi connectivity index (χ1v) is 11.4. The van der Waals surface area contributed by atoms with Crippen LogP contribution in [-0.2, 0) is 9.59 Å². The average molecular weight is 420 g/mol. The lowest BCUT2D eigenvalue weighted by Crippen LogP contribution is -2.46. The van der Waals surface area contributed by atoms with Gasteiger partial charge in [0.15, 0.2) is 0 Å². The number of carbonyl (C=O) groups is 2. The highest BCUT2D eigenvalue weighted by atomic mass is 32.1. The summed E-state index contributed by atoms with van der Waals surface area (Å²) < 4.78 is 1.16. The number of rotatable bonds is 3. The molecule has 0 spiro atoms. The minimum absolute atomic E-state index is 0.0858. The summed E-state index contributed by atoms with van der Waals surface area (Å²) in [5.41, 5.74) is 3.86. The second-order valence-corrected chi connectivity index (χ2v) is 9.60. The van der Waals surface area contributed by atoms with E-state index in [0.717, 1.165) is 40.3 Å². The molecule has 3 aromatic rings. The molecule has 2 fully saturated rings. The van der Waals surface area contributed by atoms with E-state index < -0.39 is 0 Å². The third kappa shape index (κ3) is 3.44. The molecule has 0 unspecified atom stereocenters. The maximum Gasteiger partial charge on any atom is 0.251 e. The minimum Gasteiger partial charge on any atom is -0.291 e. The molecule has 5 rings (SSSR count). The molecule has 2 aliphatic heterocycles. The Morgan fingerprint density at radius 3 is 2.67 bits per heavy atom. The van der Waals surface area contributed by atoms with E-state index in [9.17, 15) is 9.59 Å². The van der Waals surface area contributed by atoms with Crippen molar-refractivity contribution in [2.45, 2.75) is 39.2 Å². The predicted octanol–water partition coefficient (Wildman–Crippen LogP) is 4.64. The van der Waals surface area contributed by atoms with Gasteiger partial charge < -0.3 is 0 Å². The Labute approximate surface area is 180 Å². The third-order valence-electron chi connectivity index (χ3n) is 6.17. The normalized spacial score (nSPS) is 22.9. The van der Waals surface area contributed by atoms with Crippen molar-refractivity contribution in [3.8, 4) is 10.6 Å². The van der Waals surface area contributed by atoms with Gasteiger partial charge in [0, 0.05) is 12.1 Å². The Hall–Kier alpha value is -2.57. The van der Waals surface area contributed by atoms with Gasteiger partial charge in [-0.3, -0.25) is 14.5 Å². The second kappa shape index (κ2) is 7.60. The summed E-state index contributed by atoms with van der Waals surface area (Å²) in [6.45, 7) is 6.09. The molecular weight excluding hydrogens is 394 g/mol. The zero-order chi connectivity index (χ0) is 20.8. The number of fused-ring (bicyclic) bond motifs is 1. The molecule has 2 atom stereocenters. The van der Waals surface area contributed by atoms with Gasteiger partial charge in [-0.05, 0) is 74.2 Å². The molecule has 154 valence electrons. The summed E-state index contributed by atoms with van der Waals surface area (Å²) in [5, 5.41) is 0.946. The van der Waals surface area contributed by atoms with Gasteiger partial charge >= 0.3 is 0 Å². The Balaban J connectivity index is 1.38. The highest BCUT2D eigenvalue weighted by Gasteiger charge is 2.43. The van der Waals surface area contributed by atoms with E-state index in [1.807, 2.05) is 30.3 Å². The topological polar surface area (TPSA) is 53.5 Å². The molecule has 6 heteroatoms. The SMILES string of the molecule is Cc1ccc2nc(-c3ccc(N4C(=O)C[C@H](N5CCC[C@@H](C)C5)C4=O)cc3)sc2c1. The molecular formula is C24H25N3O2S. The minimum atomic E-state index is -0.313. The molecule has 0 aliphatic carbocycles. The summed E-state index contributed by atoms with van der Waals surface area (Å²) in [7, 11) is 0. The fourth-order valence-corrected chi connectivity index (χ4v) is 5.66. The zero-order valence-corrected chi connectivity index (χ0v) is 18.1. The molecule has 2 amide bonds. The lowest BCUT2D eigenvalue weighted by atomic mass is 9.98. The van der Waals surface area contributed by atoms with Crippen LogP contribution >= 0.6 is 11.3 Å². The predicted molar refractivity (Wildman–Crippen MR) is 121 cm³/mol. The van der Waals surface area contributed by atoms with Crippen molar-refractivity contribution in [3.05, 3.63) is 48.0 Å². The summed E-state index contributed by atoms with van der Waals surface area (Å²) in [6.07, 6.45) is 2.57. The number of imide groups is 1. The summed E-state index contributed by atoms with van der Waals surface area (Å²) >= 11 is 1.66. The monoisotopic (exact) mass is 419 g/mol. The fraction of sp³-hybridized carbons (Fsp3) is 0.375. The van der Waals surface area contributed by atoms with Crippen LogP contribution < -0.4 is 4.90 Å². The molecule has 0 saturated carbocycles. The molecule has 3 heterocycles. The number of piperidine rings is 1. The van der Waals surface area contributed by atoms with Crippen LogP contribution in [0.15, 0.2) is 42.5 Å². The molecule has 2 aromatic carbocycles. The lowest BCUT2D eigenvalue weighted by molar-refractivity contribution is -0.123. The van der Waals surface area contributed by atoms with E-state index in [4.69, 9.17) is 4.98 Å². The van der Waals surface area contributed by atoms with Gasteiger partial charge in [-0.2, -0.15) is 0 Å². The van der Waals surface area contributed by atoms with Crippen LogP contribution in [0.3, 0.4) is 0 Å². The van der Waals surface area contributed by atoms with Gasteiger partial charge in [0.05, 0.1) is 28.4 Å². The van der Waals surface area contributed by atoms with Crippen molar-refractivity contribution in [1.82, 2.24) is 9.88 Å². The molecule has 0 bridgehead atoms. The first-order valence-electron chi connectivity index (χ1n) is 10.6. The number of hydrogen-bond donors (Lipinski definition) is 0. The maximum atomic E-state index is 13.1. The van der Waals surface area contributed by atoms with Crippen molar-refractivity contribution in [1.29, 1.82) is 0 Å². The van der Waals surface area contributed by atoms with Gasteiger partial charge in [0.25, 0.3) is 5.91 Å². The number of aromatic nitrogens is 1. The molecule has 5 nitrogen and oxygen atoms in total. The van der Waals surface area contributed by atoms with Crippen LogP contribution in [-0.4, -0.2) is 40.8 Å². The van der Waals surface area contributed by atoms with E-state index in [1.54, 1.807) is 11.3 Å². The second-order valence-electron chi connectivity index (χ2n) is 8.57. The number of hydrogen-bond acceptors (Lipinski definition) is 5. The summed E-state index contributed by atoms with van der Waals surface area (Å²) in [5.74, 6) is 0.385. The molecule has 30 heavy (non-hydrogen) atoms. The number of thiazole rings is 1. The number of likely N-dealkylation sites (tertiary alicyclic amines) is 1. The van der Waals surface area contributed by atoms with Crippen molar-refractivity contribution < 1.29 is 9.59 Å². The molecule has 1 aromatic heterocycles. The fourth-order valence-electron chi connectivity index (χ4n) is 4.59. The van der Waals surface area contributed by atoms with Crippen molar-refractivity contribution in [3.63, 3.8) is 0 Å². The first kappa shape index (κ1) is 19.4. The Bertz CT molecular complexity index is 1120. The van der Waals surface area contributed by atoms with Crippen molar-refractivity contribution in [2.75, 3.05) is 18.0 Å². The third-order valence-corrected chi connectivity index (χ3v) is 7.24. The van der Waals surface area contributed by atoms with E-state index in [1.165, 1.54) is 16.9 Å². The maximum absolute atomic E-state index is 13.1. The highest BCUT2D eigenvalue weighted by molar-refractivity contribution is 7.21. The number of nitrogens with zero attached hydrogens (tertiary/aromatic N) is 3. The Morgan fingerprint density at radius 2 is 1.90 bits per heavy atom. The van der Waals surface area contributed by atoms with Crippen molar-refractivity contribution >= 4 is 39.1 Å². The van der Waals surface area contributed by atoms with Crippen LogP contribution in [0.1, 0.15) is 31.7 Å². The molecule has 2 saturated heterocycles. The zero-order valence-electron chi connectivity index (χ0n) is 17.3. The highest BCUT2D eigenvalue weighted by Crippen LogP contribution is 2.33. The summed E-state index contributed by atoms with van der Waals surface area (Å²) in [4.78, 5) is 34.1. The van der Waals surface area contributed by atoms with Gasteiger partial charge in [-0.1, -0.05) is 13.0 Å². The molecule has 0 N–H and O–H groups in total. The lowest BCUT2D eigenvalue weighted by Gasteiger charge is -2.34. The standard InChI is InChI=1S/C24H25N3O2S/c1-15-5-10-19-21(12-15)30-23(25-19)17-6-8-18(9-7-17)27-22(28)13-20(24(27)29)26-11-3-4-16(2)14-26/h5-10,12,16,20H,3-4,11,13-14H2,1-2H3/t16-,20+/m1/s1. The van der Waals surface area contributed by atoms with E-state index >= 15 is 0 Å². The van der Waals surface area contributed by atoms with Gasteiger partial charge in [-0.15, -0.1) is 11.3 Å². The number of aryl methyl sites for hydroxylation is 1. The quantitative estimate of drug-likeness (QED) is 0.581. The number of anilines is 1. The number of benzene rings is 2. The average Bonchev–Trinajstić information content (AvgIpc) is 3.28. The molecule has 2 aliphatic rings. The van der Waals surface area contributed by atoms with Crippen LogP contribution in [0, 0.1) is 12.8 Å². The van der Waals surface area contributed by atoms with Gasteiger partial charge in [-0.25, -0.2) is 9.88 Å². The van der Waals surface area contributed by atoms with E-state index in [-0.39, 0.29) is 24.3 Å². The largest absolute Gasteiger partial charge is 0.291 e. The Morgan fingerprint density at radius 1 is 1.10 bits per heavy atom. The summed E-state index contributed by atoms with van der Waals surface area (Å²) in [6, 6.07) is 13.6. The number of amides is 2. The van der Waals surface area contributed by atoms with Gasteiger partial charge in [0.1, 0.15) is 5.01 Å². The van der Waals surface area contributed by atoms with Crippen LogP contribution in [0.25, 0.3) is 20.8 Å². The van der Waals surface area contributed by atoms with E-state index in [0.29, 0.717) is 11.6 Å². The van der Waals surface area contributed by atoms with Crippen LogP contribution in [0.2, 0.25) is 0 Å². The van der Waals surface area contributed by atoms with Crippen LogP contribution in [0.5, 0.6) is 0 Å². The van der Waals surface area contributed by atoms with Gasteiger partial charge in [0.2, 0.25) is 5.91 Å². The van der Waals surface area contributed by atoms with Crippen LogP contribution in [0.4, 0.5) is 5.69 Å². The smallest absolute Gasteiger partial charge is 0.251 e. The molecule has 0 radical (unpaired) electrons.